The largest absolute Gasteiger partial charge is 0.367 e. The quantitative estimate of drug-likeness (QED) is 0.651. The van der Waals surface area contributed by atoms with Crippen molar-refractivity contribution >= 4 is 38.2 Å². The molecule has 0 unspecified atom stereocenters. The summed E-state index contributed by atoms with van der Waals surface area (Å²) in [7, 11) is -3.45. The minimum absolute atomic E-state index is 0.0229. The van der Waals surface area contributed by atoms with Gasteiger partial charge in [-0.2, -0.15) is 0 Å². The van der Waals surface area contributed by atoms with Crippen LogP contribution in [0, 0.1) is 9.39 Å². The number of carbonyl (C=O) groups is 1. The fourth-order valence-electron chi connectivity index (χ4n) is 3.47. The molecule has 24 heavy (non-hydrogen) atoms. The fraction of sp³-hybridized carbons (Fsp3) is 0.312. The monoisotopic (exact) mass is 459 g/mol. The molecule has 4 rings (SSSR count). The highest BCUT2D eigenvalue weighted by Crippen LogP contribution is 2.46. The topological polar surface area (TPSA) is 72.5 Å². The summed E-state index contributed by atoms with van der Waals surface area (Å²) < 4.78 is 44.5. The van der Waals surface area contributed by atoms with Crippen LogP contribution in [-0.4, -0.2) is 33.2 Å². The molecule has 0 radical (unpaired) electrons. The molecule has 0 aliphatic carbocycles. The molecule has 0 amide bonds. The molecule has 3 aliphatic heterocycles. The van der Waals surface area contributed by atoms with Gasteiger partial charge in [-0.25, -0.2) is 12.8 Å². The van der Waals surface area contributed by atoms with Gasteiger partial charge in [-0.05, 0) is 40.3 Å². The van der Waals surface area contributed by atoms with E-state index in [9.17, 15) is 17.6 Å². The molecule has 0 spiro atoms. The number of ketones is 1. The number of halogens is 2. The Hall–Kier alpha value is -1.26. The second kappa shape index (κ2) is 5.63. The van der Waals surface area contributed by atoms with E-state index < -0.39 is 15.8 Å². The molecule has 1 aromatic rings. The van der Waals surface area contributed by atoms with Crippen LogP contribution in [-0.2, 0) is 19.4 Å². The van der Waals surface area contributed by atoms with E-state index in [1.807, 2.05) is 22.6 Å². The van der Waals surface area contributed by atoms with Crippen LogP contribution in [0.1, 0.15) is 17.9 Å². The summed E-state index contributed by atoms with van der Waals surface area (Å²) in [6.07, 6.45) is 0.386. The fourth-order valence-corrected chi connectivity index (χ4v) is 5.84. The SMILES string of the molecule is O=C1COCC2=C1[C@H](c1ccc(F)c([125I])c1)C1=C(CCS1(=O)=O)N2. The van der Waals surface area contributed by atoms with Crippen molar-refractivity contribution in [3.63, 3.8) is 0 Å². The van der Waals surface area contributed by atoms with Gasteiger partial charge in [-0.15, -0.1) is 0 Å². The molecule has 0 saturated carbocycles. The third-order valence-electron chi connectivity index (χ3n) is 4.49. The van der Waals surface area contributed by atoms with Crippen LogP contribution in [0.5, 0.6) is 0 Å². The van der Waals surface area contributed by atoms with Crippen LogP contribution in [0.3, 0.4) is 0 Å². The summed E-state index contributed by atoms with van der Waals surface area (Å²) in [5.41, 5.74) is 2.28. The summed E-state index contributed by atoms with van der Waals surface area (Å²) in [6, 6.07) is 4.47. The van der Waals surface area contributed by atoms with Crippen molar-refractivity contribution < 1.29 is 22.3 Å². The van der Waals surface area contributed by atoms with Crippen LogP contribution in [0.25, 0.3) is 0 Å². The zero-order valence-electron chi connectivity index (χ0n) is 12.4. The van der Waals surface area contributed by atoms with E-state index in [4.69, 9.17) is 4.74 Å². The Bertz CT molecular complexity index is 935. The Morgan fingerprint density at radius 1 is 1.25 bits per heavy atom. The average Bonchev–Trinajstić information content (AvgIpc) is 2.84. The highest BCUT2D eigenvalue weighted by atomic mass is 125. The highest BCUT2D eigenvalue weighted by Gasteiger charge is 2.44. The van der Waals surface area contributed by atoms with Gasteiger partial charge in [-0.1, -0.05) is 6.07 Å². The van der Waals surface area contributed by atoms with Crippen LogP contribution >= 0.6 is 22.6 Å². The standard InChI is InChI=1S/C16H13FINO4S/c17-9-2-1-8(5-10(9)18)14-15-12(6-23-7-13(15)20)19-11-3-4-24(21,22)16(11)14/h1-2,5,14,19H,3-4,6-7H2/t14-/m0/s1/i18-2. The molecule has 126 valence electrons. The summed E-state index contributed by atoms with van der Waals surface area (Å²) in [5, 5.41) is 3.09. The number of allylic oxidation sites excluding steroid dienone is 2. The Morgan fingerprint density at radius 3 is 2.79 bits per heavy atom. The van der Waals surface area contributed by atoms with E-state index in [0.29, 0.717) is 32.5 Å². The maximum Gasteiger partial charge on any atom is 0.187 e. The smallest absolute Gasteiger partial charge is 0.187 e. The summed E-state index contributed by atoms with van der Waals surface area (Å²) >= 11 is 1.87. The van der Waals surface area contributed by atoms with Crippen LogP contribution in [0.15, 0.2) is 40.1 Å². The molecule has 0 bridgehead atoms. The van der Waals surface area contributed by atoms with Gasteiger partial charge in [0.25, 0.3) is 0 Å². The van der Waals surface area contributed by atoms with Gasteiger partial charge in [0.05, 0.1) is 23.2 Å². The predicted octanol–water partition coefficient (Wildman–Crippen LogP) is 2.00. The first-order valence-electron chi connectivity index (χ1n) is 7.40. The number of Topliss-reactive ketones (excluding diaryl/α,β-unsaturated/α-hetero) is 1. The Kier molecular flexibility index (Phi) is 3.81. The number of benzene rings is 1. The van der Waals surface area contributed by atoms with Crippen molar-refractivity contribution in [1.29, 1.82) is 0 Å². The van der Waals surface area contributed by atoms with Gasteiger partial charge >= 0.3 is 0 Å². The lowest BCUT2D eigenvalue weighted by Crippen LogP contribution is -2.36. The van der Waals surface area contributed by atoms with Crippen molar-refractivity contribution in [1.82, 2.24) is 5.32 Å². The zero-order chi connectivity index (χ0) is 17.1. The van der Waals surface area contributed by atoms with Crippen LogP contribution < -0.4 is 5.32 Å². The molecule has 1 atom stereocenters. The Balaban J connectivity index is 1.96. The first kappa shape index (κ1) is 16.2. The Morgan fingerprint density at radius 2 is 2.04 bits per heavy atom. The van der Waals surface area contributed by atoms with Gasteiger partial charge in [0.1, 0.15) is 12.4 Å². The summed E-state index contributed by atoms with van der Waals surface area (Å²) in [5.74, 6) is -1.27. The first-order chi connectivity index (χ1) is 11.4. The molecule has 3 aliphatic rings. The molecule has 0 saturated heterocycles. The number of sulfone groups is 1. The summed E-state index contributed by atoms with van der Waals surface area (Å²) in [4.78, 5) is 12.7. The van der Waals surface area contributed by atoms with Crippen molar-refractivity contribution in [2.45, 2.75) is 12.3 Å². The van der Waals surface area contributed by atoms with Crippen molar-refractivity contribution in [3.05, 3.63) is 55.0 Å². The minimum atomic E-state index is -3.45. The number of nitrogens with one attached hydrogen (secondary N) is 1. The van der Waals surface area contributed by atoms with Gasteiger partial charge in [0.2, 0.25) is 0 Å². The Labute approximate surface area is 152 Å². The molecule has 1 N–H and O–H groups in total. The zero-order valence-corrected chi connectivity index (χ0v) is 15.4. The minimum Gasteiger partial charge on any atom is -0.367 e. The van der Waals surface area contributed by atoms with E-state index in [-0.39, 0.29) is 35.5 Å². The molecule has 0 aromatic heterocycles. The lowest BCUT2D eigenvalue weighted by molar-refractivity contribution is -0.121. The van der Waals surface area contributed by atoms with Gasteiger partial charge in [-0.3, -0.25) is 4.79 Å². The molecule has 3 heterocycles. The number of carbonyl (C=O) groups excluding carboxylic acids is 1. The predicted molar refractivity (Wildman–Crippen MR) is 93.3 cm³/mol. The second-order valence-electron chi connectivity index (χ2n) is 5.95. The lowest BCUT2D eigenvalue weighted by Gasteiger charge is -2.33. The second-order valence-corrected chi connectivity index (χ2v) is 9.19. The van der Waals surface area contributed by atoms with E-state index in [1.54, 1.807) is 12.1 Å². The van der Waals surface area contributed by atoms with Crippen molar-refractivity contribution in [2.24, 2.45) is 0 Å². The number of hydrogen-bond donors (Lipinski definition) is 1. The molecule has 8 heteroatoms. The molecular weight excluding hydrogens is 446 g/mol. The molecule has 1 aromatic carbocycles. The maximum atomic E-state index is 13.6. The van der Waals surface area contributed by atoms with Gasteiger partial charge in [0.15, 0.2) is 15.6 Å². The highest BCUT2D eigenvalue weighted by molar-refractivity contribution is 14.1. The molecular formula is C16H13FINO4S. The maximum absolute atomic E-state index is 13.6. The van der Waals surface area contributed by atoms with Gasteiger partial charge in [0, 0.05) is 27.0 Å². The number of dihydropyridines is 1. The van der Waals surface area contributed by atoms with Crippen molar-refractivity contribution in [3.8, 4) is 0 Å². The third kappa shape index (κ3) is 2.42. The summed E-state index contributed by atoms with van der Waals surface area (Å²) in [6.45, 7) is 0.171. The number of hydrogen-bond acceptors (Lipinski definition) is 5. The van der Waals surface area contributed by atoms with Crippen molar-refractivity contribution in [2.75, 3.05) is 19.0 Å². The third-order valence-corrected chi connectivity index (χ3v) is 7.21. The van der Waals surface area contributed by atoms with Crippen LogP contribution in [0.4, 0.5) is 4.39 Å². The van der Waals surface area contributed by atoms with E-state index in [1.165, 1.54) is 6.07 Å². The number of rotatable bonds is 1. The number of ether oxygens (including phenoxy) is 1. The molecule has 5 nitrogen and oxygen atoms in total. The van der Waals surface area contributed by atoms with E-state index >= 15 is 0 Å². The van der Waals surface area contributed by atoms with Crippen LogP contribution in [0.2, 0.25) is 0 Å². The van der Waals surface area contributed by atoms with Gasteiger partial charge < -0.3 is 10.1 Å². The normalized spacial score (nSPS) is 25.4. The lowest BCUT2D eigenvalue weighted by atomic mass is 9.83. The molecule has 0 fully saturated rings. The van der Waals surface area contributed by atoms with E-state index in [2.05, 4.69) is 5.32 Å². The van der Waals surface area contributed by atoms with E-state index in [0.717, 1.165) is 0 Å². The average molecular weight is 459 g/mol. The first-order valence-corrected chi connectivity index (χ1v) is 10.1.